The van der Waals surface area contributed by atoms with Crippen molar-refractivity contribution in [3.05, 3.63) is 72.4 Å². The van der Waals surface area contributed by atoms with Crippen LogP contribution in [0.15, 0.2) is 66.7 Å². The highest BCUT2D eigenvalue weighted by Crippen LogP contribution is 2.32. The SMILES string of the molecule is CCOCCN1CCN(c2cc(-c3ccccc3)nc3c(-c4ccccc4)c(C)nn23)CC1. The Balaban J connectivity index is 1.55. The van der Waals surface area contributed by atoms with Gasteiger partial charge in [0.2, 0.25) is 0 Å². The first kappa shape index (κ1) is 21.6. The lowest BCUT2D eigenvalue weighted by Gasteiger charge is -2.36. The van der Waals surface area contributed by atoms with Crippen LogP contribution in [-0.2, 0) is 4.74 Å². The molecule has 3 heterocycles. The number of nitrogens with zero attached hydrogens (tertiary/aromatic N) is 5. The Hall–Kier alpha value is -3.22. The Kier molecular flexibility index (Phi) is 6.37. The fraction of sp³-hybridized carbons (Fsp3) is 0.333. The minimum absolute atomic E-state index is 0.777. The van der Waals surface area contributed by atoms with E-state index in [4.69, 9.17) is 14.8 Å². The van der Waals surface area contributed by atoms with Crippen molar-refractivity contribution in [2.75, 3.05) is 50.8 Å². The number of ether oxygens (including phenoxy) is 1. The molecule has 4 aromatic rings. The summed E-state index contributed by atoms with van der Waals surface area (Å²) >= 11 is 0. The summed E-state index contributed by atoms with van der Waals surface area (Å²) in [5.74, 6) is 1.11. The largest absolute Gasteiger partial charge is 0.380 e. The van der Waals surface area contributed by atoms with Crippen molar-refractivity contribution in [3.63, 3.8) is 0 Å². The molecule has 0 N–H and O–H groups in total. The van der Waals surface area contributed by atoms with Gasteiger partial charge >= 0.3 is 0 Å². The van der Waals surface area contributed by atoms with Crippen LogP contribution in [0.25, 0.3) is 28.0 Å². The summed E-state index contributed by atoms with van der Waals surface area (Å²) in [6.07, 6.45) is 0. The Bertz CT molecular complexity index is 1200. The van der Waals surface area contributed by atoms with Gasteiger partial charge in [-0.05, 0) is 19.4 Å². The van der Waals surface area contributed by atoms with Crippen LogP contribution in [0.2, 0.25) is 0 Å². The lowest BCUT2D eigenvalue weighted by atomic mass is 10.1. The summed E-state index contributed by atoms with van der Waals surface area (Å²) in [7, 11) is 0. The van der Waals surface area contributed by atoms with E-state index in [1.807, 2.05) is 23.6 Å². The molecule has 6 heteroatoms. The van der Waals surface area contributed by atoms with E-state index in [9.17, 15) is 0 Å². The Morgan fingerprint density at radius 1 is 0.879 bits per heavy atom. The Labute approximate surface area is 195 Å². The highest BCUT2D eigenvalue weighted by Gasteiger charge is 2.23. The first-order valence-electron chi connectivity index (χ1n) is 11.8. The van der Waals surface area contributed by atoms with Gasteiger partial charge in [-0.1, -0.05) is 60.7 Å². The van der Waals surface area contributed by atoms with Crippen molar-refractivity contribution >= 4 is 11.5 Å². The molecule has 0 atom stereocenters. The summed E-state index contributed by atoms with van der Waals surface area (Å²) in [4.78, 5) is 10.0. The molecule has 6 nitrogen and oxygen atoms in total. The quantitative estimate of drug-likeness (QED) is 0.394. The zero-order valence-corrected chi connectivity index (χ0v) is 19.4. The number of hydrogen-bond donors (Lipinski definition) is 0. The van der Waals surface area contributed by atoms with Crippen LogP contribution >= 0.6 is 0 Å². The van der Waals surface area contributed by atoms with E-state index in [1.54, 1.807) is 0 Å². The number of hydrogen-bond acceptors (Lipinski definition) is 5. The number of benzene rings is 2. The van der Waals surface area contributed by atoms with E-state index in [0.29, 0.717) is 0 Å². The van der Waals surface area contributed by atoms with Gasteiger partial charge in [-0.3, -0.25) is 4.90 Å². The van der Waals surface area contributed by atoms with Crippen LogP contribution in [0, 0.1) is 6.92 Å². The molecule has 5 rings (SSSR count). The molecule has 170 valence electrons. The van der Waals surface area contributed by atoms with Gasteiger partial charge in [-0.15, -0.1) is 0 Å². The van der Waals surface area contributed by atoms with Gasteiger partial charge in [0, 0.05) is 56.5 Å². The van der Waals surface area contributed by atoms with E-state index in [0.717, 1.165) is 85.5 Å². The van der Waals surface area contributed by atoms with E-state index in [1.165, 1.54) is 0 Å². The van der Waals surface area contributed by atoms with Crippen LogP contribution in [0.3, 0.4) is 0 Å². The number of fused-ring (bicyclic) bond motifs is 1. The van der Waals surface area contributed by atoms with Crippen molar-refractivity contribution in [2.24, 2.45) is 0 Å². The number of anilines is 1. The van der Waals surface area contributed by atoms with Gasteiger partial charge in [0.1, 0.15) is 5.82 Å². The molecule has 0 radical (unpaired) electrons. The number of aryl methyl sites for hydroxylation is 1. The van der Waals surface area contributed by atoms with Crippen LogP contribution in [0.1, 0.15) is 12.6 Å². The first-order chi connectivity index (χ1) is 16.2. The third-order valence-corrected chi connectivity index (χ3v) is 6.33. The zero-order chi connectivity index (χ0) is 22.6. The predicted octanol–water partition coefficient (Wildman–Crippen LogP) is 4.53. The van der Waals surface area contributed by atoms with Gasteiger partial charge in [0.25, 0.3) is 0 Å². The van der Waals surface area contributed by atoms with Gasteiger partial charge < -0.3 is 9.64 Å². The second-order valence-corrected chi connectivity index (χ2v) is 8.45. The number of aromatic nitrogens is 3. The van der Waals surface area contributed by atoms with Crippen molar-refractivity contribution in [3.8, 4) is 22.4 Å². The third-order valence-electron chi connectivity index (χ3n) is 6.33. The van der Waals surface area contributed by atoms with E-state index in [2.05, 4.69) is 71.3 Å². The van der Waals surface area contributed by atoms with E-state index < -0.39 is 0 Å². The van der Waals surface area contributed by atoms with Gasteiger partial charge in [0.15, 0.2) is 5.65 Å². The molecule has 2 aromatic carbocycles. The third kappa shape index (κ3) is 4.49. The lowest BCUT2D eigenvalue weighted by Crippen LogP contribution is -2.48. The Morgan fingerprint density at radius 3 is 2.21 bits per heavy atom. The molecule has 0 bridgehead atoms. The number of rotatable bonds is 7. The van der Waals surface area contributed by atoms with Gasteiger partial charge in [0.05, 0.1) is 18.0 Å². The summed E-state index contributed by atoms with van der Waals surface area (Å²) < 4.78 is 7.59. The van der Waals surface area contributed by atoms with Crippen LogP contribution in [0.4, 0.5) is 5.82 Å². The first-order valence-corrected chi connectivity index (χ1v) is 11.8. The molecule has 0 amide bonds. The van der Waals surface area contributed by atoms with Crippen LogP contribution in [0.5, 0.6) is 0 Å². The average Bonchev–Trinajstić information content (AvgIpc) is 3.21. The molecule has 0 aliphatic carbocycles. The highest BCUT2D eigenvalue weighted by molar-refractivity contribution is 5.82. The molecule has 1 aliphatic heterocycles. The zero-order valence-electron chi connectivity index (χ0n) is 19.4. The molecule has 0 unspecified atom stereocenters. The van der Waals surface area contributed by atoms with Gasteiger partial charge in [-0.2, -0.15) is 9.61 Å². The molecule has 1 aliphatic rings. The Morgan fingerprint density at radius 2 is 1.55 bits per heavy atom. The normalized spacial score (nSPS) is 14.8. The second kappa shape index (κ2) is 9.73. The lowest BCUT2D eigenvalue weighted by molar-refractivity contribution is 0.111. The van der Waals surface area contributed by atoms with Crippen molar-refractivity contribution in [2.45, 2.75) is 13.8 Å². The minimum atomic E-state index is 0.777. The predicted molar refractivity (Wildman–Crippen MR) is 134 cm³/mol. The van der Waals surface area contributed by atoms with E-state index >= 15 is 0 Å². The molecular weight excluding hydrogens is 410 g/mol. The molecule has 1 fully saturated rings. The molecular formula is C27H31N5O. The van der Waals surface area contributed by atoms with Crippen molar-refractivity contribution < 1.29 is 4.74 Å². The van der Waals surface area contributed by atoms with Crippen molar-refractivity contribution in [1.82, 2.24) is 19.5 Å². The van der Waals surface area contributed by atoms with Crippen LogP contribution < -0.4 is 4.90 Å². The monoisotopic (exact) mass is 441 g/mol. The van der Waals surface area contributed by atoms with Crippen molar-refractivity contribution in [1.29, 1.82) is 0 Å². The average molecular weight is 442 g/mol. The maximum Gasteiger partial charge on any atom is 0.166 e. The molecule has 2 aromatic heterocycles. The summed E-state index contributed by atoms with van der Waals surface area (Å²) in [5, 5.41) is 4.96. The van der Waals surface area contributed by atoms with E-state index in [-0.39, 0.29) is 0 Å². The standard InChI is InChI=1S/C27H31N5O/c1-3-33-19-18-30-14-16-31(17-15-30)25-20-24(22-10-6-4-7-11-22)28-27-26(21(2)29-32(25)27)23-12-8-5-9-13-23/h4-13,20H,3,14-19H2,1-2H3. The molecule has 33 heavy (non-hydrogen) atoms. The summed E-state index contributed by atoms with van der Waals surface area (Å²) in [6, 6.07) is 23.1. The summed E-state index contributed by atoms with van der Waals surface area (Å²) in [6.45, 7) is 10.6. The van der Waals surface area contributed by atoms with Crippen LogP contribution in [-0.4, -0.2) is 65.4 Å². The maximum absolute atomic E-state index is 5.55. The summed E-state index contributed by atoms with van der Waals surface area (Å²) in [5.41, 5.74) is 6.26. The highest BCUT2D eigenvalue weighted by atomic mass is 16.5. The minimum Gasteiger partial charge on any atom is -0.380 e. The smallest absolute Gasteiger partial charge is 0.166 e. The van der Waals surface area contributed by atoms with Gasteiger partial charge in [-0.25, -0.2) is 4.98 Å². The fourth-order valence-electron chi connectivity index (χ4n) is 4.57. The molecule has 0 saturated carbocycles. The molecule has 0 spiro atoms. The topological polar surface area (TPSA) is 45.9 Å². The number of piperazine rings is 1. The second-order valence-electron chi connectivity index (χ2n) is 8.45. The molecule has 1 saturated heterocycles. The maximum atomic E-state index is 5.55. The fourth-order valence-corrected chi connectivity index (χ4v) is 4.57.